The van der Waals surface area contributed by atoms with Crippen molar-refractivity contribution in [2.45, 2.75) is 309 Å². The first kappa shape index (κ1) is 78.3. The van der Waals surface area contributed by atoms with Gasteiger partial charge in [-0.3, -0.25) is 14.4 Å². The smallest absolute Gasteiger partial charge is 0.306 e. The van der Waals surface area contributed by atoms with Crippen molar-refractivity contribution in [2.24, 2.45) is 0 Å². The van der Waals surface area contributed by atoms with Gasteiger partial charge >= 0.3 is 17.9 Å². The Morgan fingerprint density at radius 2 is 0.470 bits per heavy atom. The Balaban J connectivity index is 4.44. The van der Waals surface area contributed by atoms with E-state index in [0.29, 0.717) is 19.3 Å². The van der Waals surface area contributed by atoms with Crippen LogP contribution in [-0.4, -0.2) is 37.2 Å². The number of hydrogen-bond donors (Lipinski definition) is 0. The molecule has 1 unspecified atom stereocenters. The summed E-state index contributed by atoms with van der Waals surface area (Å²) in [5, 5.41) is 0. The number of rotatable bonds is 61. The van der Waals surface area contributed by atoms with E-state index in [1.807, 2.05) is 0 Å². The van der Waals surface area contributed by atoms with Crippen LogP contribution in [0.4, 0.5) is 0 Å². The summed E-state index contributed by atoms with van der Waals surface area (Å²) in [5.41, 5.74) is 0. The van der Waals surface area contributed by atoms with Crippen LogP contribution in [0, 0.1) is 0 Å². The lowest BCUT2D eigenvalue weighted by Crippen LogP contribution is -2.30. The monoisotopic (exact) mass is 1150 g/mol. The molecule has 0 aromatic heterocycles. The van der Waals surface area contributed by atoms with E-state index in [1.165, 1.54) is 116 Å². The van der Waals surface area contributed by atoms with Crippen LogP contribution in [0.1, 0.15) is 303 Å². The number of unbranched alkanes of at least 4 members (excludes halogenated alkanes) is 26. The van der Waals surface area contributed by atoms with Crippen molar-refractivity contribution in [2.75, 3.05) is 13.2 Å². The number of carbonyl (C=O) groups is 3. The predicted octanol–water partition coefficient (Wildman–Crippen LogP) is 23.9. The summed E-state index contributed by atoms with van der Waals surface area (Å²) in [6.45, 7) is 6.48. The van der Waals surface area contributed by atoms with Gasteiger partial charge in [-0.15, -0.1) is 0 Å². The highest BCUT2D eigenvalue weighted by Crippen LogP contribution is 2.15. The van der Waals surface area contributed by atoms with Crippen LogP contribution < -0.4 is 0 Å². The number of allylic oxidation sites excluding steroid dienone is 24. The second kappa shape index (κ2) is 69.8. The fourth-order valence-corrected chi connectivity index (χ4v) is 9.17. The summed E-state index contributed by atoms with van der Waals surface area (Å²) in [6, 6.07) is 0. The highest BCUT2D eigenvalue weighted by Gasteiger charge is 2.19. The van der Waals surface area contributed by atoms with Gasteiger partial charge < -0.3 is 14.2 Å². The maximum absolute atomic E-state index is 12.9. The van der Waals surface area contributed by atoms with Crippen LogP contribution in [-0.2, 0) is 28.6 Å². The molecule has 0 amide bonds. The minimum Gasteiger partial charge on any atom is -0.462 e. The molecule has 0 saturated heterocycles. The van der Waals surface area contributed by atoms with Crippen LogP contribution in [0.5, 0.6) is 0 Å². The number of hydrogen-bond acceptors (Lipinski definition) is 6. The second-order valence-electron chi connectivity index (χ2n) is 22.3. The van der Waals surface area contributed by atoms with Gasteiger partial charge in [0.15, 0.2) is 6.10 Å². The van der Waals surface area contributed by atoms with Crippen LogP contribution in [0.25, 0.3) is 0 Å². The fourth-order valence-electron chi connectivity index (χ4n) is 9.17. The molecule has 0 N–H and O–H groups in total. The summed E-state index contributed by atoms with van der Waals surface area (Å²) in [5.74, 6) is -0.946. The third-order valence-electron chi connectivity index (χ3n) is 14.3. The third-order valence-corrected chi connectivity index (χ3v) is 14.3. The van der Waals surface area contributed by atoms with Gasteiger partial charge in [-0.25, -0.2) is 0 Å². The third kappa shape index (κ3) is 68.0. The minimum atomic E-state index is -0.807. The molecule has 0 aromatic carbocycles. The lowest BCUT2D eigenvalue weighted by molar-refractivity contribution is -0.167. The van der Waals surface area contributed by atoms with E-state index in [-0.39, 0.29) is 31.1 Å². The van der Waals surface area contributed by atoms with Crippen molar-refractivity contribution in [3.63, 3.8) is 0 Å². The Bertz CT molecular complexity index is 1800. The largest absolute Gasteiger partial charge is 0.462 e. The van der Waals surface area contributed by atoms with Crippen LogP contribution in [0.3, 0.4) is 0 Å². The van der Waals surface area contributed by atoms with E-state index < -0.39 is 6.10 Å². The Labute approximate surface area is 512 Å². The second-order valence-corrected chi connectivity index (χ2v) is 22.3. The summed E-state index contributed by atoms with van der Waals surface area (Å²) >= 11 is 0. The number of ether oxygens (including phenoxy) is 3. The Morgan fingerprint density at radius 3 is 0.771 bits per heavy atom. The zero-order chi connectivity index (χ0) is 59.9. The quantitative estimate of drug-likeness (QED) is 0.0261. The molecule has 0 radical (unpaired) electrons. The first-order chi connectivity index (χ1) is 41.0. The van der Waals surface area contributed by atoms with Crippen molar-refractivity contribution in [3.8, 4) is 0 Å². The number of carbonyl (C=O) groups excluding carboxylic acids is 3. The van der Waals surface area contributed by atoms with Crippen molar-refractivity contribution in [3.05, 3.63) is 146 Å². The van der Waals surface area contributed by atoms with Gasteiger partial charge in [0.25, 0.3) is 0 Å². The van der Waals surface area contributed by atoms with E-state index in [9.17, 15) is 14.4 Å². The van der Waals surface area contributed by atoms with Crippen molar-refractivity contribution >= 4 is 17.9 Å². The van der Waals surface area contributed by atoms with Gasteiger partial charge in [0.2, 0.25) is 0 Å². The zero-order valence-electron chi connectivity index (χ0n) is 53.9. The lowest BCUT2D eigenvalue weighted by Gasteiger charge is -2.18. The molecule has 6 heteroatoms. The molecule has 0 aliphatic rings. The highest BCUT2D eigenvalue weighted by molar-refractivity contribution is 5.71. The standard InChI is InChI=1S/C77H126O6/c1-4-7-10-13-16-19-22-25-28-31-33-34-35-36-37-38-39-40-41-42-43-44-45-47-49-52-55-58-61-64-67-70-76(79)82-73-74(72-81-75(78)69-66-63-60-57-54-51-48-30-27-24-21-18-15-12-9-6-3)83-77(80)71-68-65-62-59-56-53-50-46-32-29-26-23-20-17-14-11-8-5-2/h7,10,16,19-20,23,25,28-30,32-34,36-37,39-40,42-43,45,47-48,52,55,74H,4-6,8-9,11-15,17-18,21-22,24,26-27,31,35,38,41,44,46,49-51,53-54,56-73H2,1-3H3/b10-7-,19-16-,23-20-,28-25-,32-29-,34-33-,37-36-,40-39-,43-42-,47-45-,48-30-,55-52-. The highest BCUT2D eigenvalue weighted by atomic mass is 16.6. The van der Waals surface area contributed by atoms with E-state index in [2.05, 4.69) is 167 Å². The summed E-state index contributed by atoms with van der Waals surface area (Å²) in [6.07, 6.45) is 100.0. The molecule has 0 aromatic rings. The molecule has 0 spiro atoms. The first-order valence-corrected chi connectivity index (χ1v) is 34.3. The van der Waals surface area contributed by atoms with Gasteiger partial charge in [-0.2, -0.15) is 0 Å². The Morgan fingerprint density at radius 1 is 0.253 bits per heavy atom. The van der Waals surface area contributed by atoms with E-state index >= 15 is 0 Å². The maximum Gasteiger partial charge on any atom is 0.306 e. The molecule has 0 aliphatic carbocycles. The normalized spacial score (nSPS) is 13.0. The topological polar surface area (TPSA) is 78.9 Å². The molecule has 0 fully saturated rings. The van der Waals surface area contributed by atoms with Gasteiger partial charge in [-0.1, -0.05) is 282 Å². The number of esters is 3. The lowest BCUT2D eigenvalue weighted by atomic mass is 10.1. The van der Waals surface area contributed by atoms with Crippen molar-refractivity contribution < 1.29 is 28.6 Å². The Hall–Kier alpha value is -4.71. The average molecular weight is 1150 g/mol. The van der Waals surface area contributed by atoms with Crippen LogP contribution >= 0.6 is 0 Å². The minimum absolute atomic E-state index is 0.0998. The molecule has 0 aliphatic heterocycles. The predicted molar refractivity (Wildman–Crippen MR) is 362 cm³/mol. The molecule has 470 valence electrons. The molecule has 0 saturated carbocycles. The van der Waals surface area contributed by atoms with Gasteiger partial charge in [0.1, 0.15) is 13.2 Å². The summed E-state index contributed by atoms with van der Waals surface area (Å²) < 4.78 is 16.9. The van der Waals surface area contributed by atoms with Crippen LogP contribution in [0.2, 0.25) is 0 Å². The average Bonchev–Trinajstić information content (AvgIpc) is 3.49. The molecular weight excluding hydrogens is 1020 g/mol. The maximum atomic E-state index is 12.9. The van der Waals surface area contributed by atoms with Gasteiger partial charge in [0.05, 0.1) is 0 Å². The molecule has 1 atom stereocenters. The van der Waals surface area contributed by atoms with Gasteiger partial charge in [0, 0.05) is 19.3 Å². The summed E-state index contributed by atoms with van der Waals surface area (Å²) in [4.78, 5) is 38.4. The summed E-state index contributed by atoms with van der Waals surface area (Å²) in [7, 11) is 0. The Kier molecular flexibility index (Phi) is 65.8. The van der Waals surface area contributed by atoms with Crippen molar-refractivity contribution in [1.29, 1.82) is 0 Å². The molecule has 0 rings (SSSR count). The molecule has 6 nitrogen and oxygen atoms in total. The SMILES string of the molecule is CC/C=C\C/C=C\C/C=C\C/C=C\C/C=C\C/C=C\C/C=C\C/C=C\C/C=C\CCCCCC(=O)OCC(COC(=O)CCCCCCC/C=C\CCCCCCCCC)OC(=O)CCCCCCCCC/C=C\C/C=C\CCCCCC. The molecule has 0 bridgehead atoms. The van der Waals surface area contributed by atoms with E-state index in [4.69, 9.17) is 14.2 Å². The van der Waals surface area contributed by atoms with Crippen LogP contribution in [0.15, 0.2) is 146 Å². The molecular formula is C77H126O6. The molecule has 83 heavy (non-hydrogen) atoms. The first-order valence-electron chi connectivity index (χ1n) is 34.3. The zero-order valence-corrected chi connectivity index (χ0v) is 53.9. The fraction of sp³-hybridized carbons (Fsp3) is 0.649. The van der Waals surface area contributed by atoms with Crippen molar-refractivity contribution in [1.82, 2.24) is 0 Å². The van der Waals surface area contributed by atoms with E-state index in [0.717, 1.165) is 148 Å². The van der Waals surface area contributed by atoms with Gasteiger partial charge in [-0.05, 0) is 148 Å². The van der Waals surface area contributed by atoms with E-state index in [1.54, 1.807) is 0 Å². The molecule has 0 heterocycles.